The van der Waals surface area contributed by atoms with E-state index in [0.717, 1.165) is 0 Å². The van der Waals surface area contributed by atoms with Crippen LogP contribution in [0.2, 0.25) is 0 Å². The number of alkyl halides is 3. The summed E-state index contributed by atoms with van der Waals surface area (Å²) >= 11 is 0. The van der Waals surface area contributed by atoms with Crippen molar-refractivity contribution < 1.29 is 22.6 Å². The summed E-state index contributed by atoms with van der Waals surface area (Å²) < 4.78 is 46.5. The maximum Gasteiger partial charge on any atom is 0.393 e. The first kappa shape index (κ1) is 11.7. The standard InChI is InChI=1S/C10H11F3O2/c1-14-8-4-3-5-9(15-2)7(8)6-10(11,12)13/h3-5H,6H2,1-2H3. The molecular weight excluding hydrogens is 209 g/mol. The Labute approximate surface area is 85.6 Å². The van der Waals surface area contributed by atoms with E-state index < -0.39 is 12.6 Å². The average molecular weight is 220 g/mol. The molecule has 2 nitrogen and oxygen atoms in total. The van der Waals surface area contributed by atoms with Crippen molar-refractivity contribution in [2.45, 2.75) is 12.6 Å². The van der Waals surface area contributed by atoms with Crippen LogP contribution in [0.25, 0.3) is 0 Å². The van der Waals surface area contributed by atoms with Gasteiger partial charge in [-0.15, -0.1) is 0 Å². The minimum atomic E-state index is -4.28. The molecule has 1 aromatic carbocycles. The summed E-state index contributed by atoms with van der Waals surface area (Å²) in [7, 11) is 2.66. The number of hydrogen-bond acceptors (Lipinski definition) is 2. The largest absolute Gasteiger partial charge is 0.496 e. The zero-order valence-electron chi connectivity index (χ0n) is 8.39. The number of hydrogen-bond donors (Lipinski definition) is 0. The van der Waals surface area contributed by atoms with Crippen LogP contribution < -0.4 is 9.47 Å². The predicted molar refractivity (Wildman–Crippen MR) is 49.3 cm³/mol. The molecule has 0 fully saturated rings. The summed E-state index contributed by atoms with van der Waals surface area (Å²) in [6, 6.07) is 4.53. The van der Waals surface area contributed by atoms with Crippen LogP contribution in [-0.4, -0.2) is 20.4 Å². The van der Waals surface area contributed by atoms with Crippen molar-refractivity contribution in [2.24, 2.45) is 0 Å². The van der Waals surface area contributed by atoms with E-state index in [1.54, 1.807) is 6.07 Å². The van der Waals surface area contributed by atoms with Gasteiger partial charge in [0.15, 0.2) is 0 Å². The minimum absolute atomic E-state index is 0.0231. The van der Waals surface area contributed by atoms with E-state index in [0.29, 0.717) is 0 Å². The summed E-state index contributed by atoms with van der Waals surface area (Å²) in [5.74, 6) is 0.373. The summed E-state index contributed by atoms with van der Waals surface area (Å²) in [6.07, 6.45) is -5.33. The van der Waals surface area contributed by atoms with Gasteiger partial charge in [0.25, 0.3) is 0 Å². The van der Waals surface area contributed by atoms with Crippen LogP contribution in [0.4, 0.5) is 13.2 Å². The van der Waals surface area contributed by atoms with Crippen molar-refractivity contribution in [3.8, 4) is 11.5 Å². The van der Waals surface area contributed by atoms with Crippen LogP contribution in [-0.2, 0) is 6.42 Å². The molecule has 0 aliphatic carbocycles. The lowest BCUT2D eigenvalue weighted by Crippen LogP contribution is -2.13. The Morgan fingerprint density at radius 2 is 1.53 bits per heavy atom. The topological polar surface area (TPSA) is 18.5 Å². The van der Waals surface area contributed by atoms with Crippen LogP contribution in [0.5, 0.6) is 11.5 Å². The second-order valence-electron chi connectivity index (χ2n) is 2.93. The van der Waals surface area contributed by atoms with Crippen LogP contribution in [0.1, 0.15) is 5.56 Å². The fraction of sp³-hybridized carbons (Fsp3) is 0.400. The van der Waals surface area contributed by atoms with E-state index >= 15 is 0 Å². The highest BCUT2D eigenvalue weighted by Crippen LogP contribution is 2.33. The van der Waals surface area contributed by atoms with Gasteiger partial charge in [0.1, 0.15) is 11.5 Å². The second kappa shape index (κ2) is 4.42. The van der Waals surface area contributed by atoms with E-state index in [4.69, 9.17) is 9.47 Å². The minimum Gasteiger partial charge on any atom is -0.496 e. The highest BCUT2D eigenvalue weighted by Gasteiger charge is 2.31. The van der Waals surface area contributed by atoms with E-state index in [-0.39, 0.29) is 17.1 Å². The molecule has 0 radical (unpaired) electrons. The fourth-order valence-corrected chi connectivity index (χ4v) is 1.30. The first-order valence-corrected chi connectivity index (χ1v) is 4.24. The van der Waals surface area contributed by atoms with Gasteiger partial charge in [-0.1, -0.05) is 6.07 Å². The van der Waals surface area contributed by atoms with Crippen molar-refractivity contribution in [3.63, 3.8) is 0 Å². The molecule has 0 N–H and O–H groups in total. The average Bonchev–Trinajstić information content (AvgIpc) is 2.16. The van der Waals surface area contributed by atoms with Crippen LogP contribution in [0.3, 0.4) is 0 Å². The molecule has 0 saturated heterocycles. The molecule has 0 spiro atoms. The molecule has 0 bridgehead atoms. The van der Waals surface area contributed by atoms with Gasteiger partial charge in [-0.3, -0.25) is 0 Å². The summed E-state index contributed by atoms with van der Waals surface area (Å²) in [5.41, 5.74) is 0.0231. The van der Waals surface area contributed by atoms with Gasteiger partial charge in [-0.25, -0.2) is 0 Å². The number of rotatable bonds is 3. The van der Waals surface area contributed by atoms with Crippen LogP contribution >= 0.6 is 0 Å². The molecule has 0 unspecified atom stereocenters. The zero-order chi connectivity index (χ0) is 11.5. The normalized spacial score (nSPS) is 11.3. The Bertz CT molecular complexity index is 312. The highest BCUT2D eigenvalue weighted by molar-refractivity contribution is 5.45. The monoisotopic (exact) mass is 220 g/mol. The maximum atomic E-state index is 12.3. The quantitative estimate of drug-likeness (QED) is 0.779. The summed E-state index contributed by atoms with van der Waals surface area (Å²) in [5, 5.41) is 0. The molecule has 5 heteroatoms. The molecule has 1 aromatic rings. The lowest BCUT2D eigenvalue weighted by Gasteiger charge is -2.14. The van der Waals surface area contributed by atoms with Gasteiger partial charge in [0.2, 0.25) is 0 Å². The number of benzene rings is 1. The molecule has 0 heterocycles. The molecule has 0 aromatic heterocycles. The first-order valence-electron chi connectivity index (χ1n) is 4.24. The SMILES string of the molecule is COc1cccc(OC)c1CC(F)(F)F. The van der Waals surface area contributed by atoms with Gasteiger partial charge in [0, 0.05) is 5.56 Å². The summed E-state index contributed by atoms with van der Waals surface area (Å²) in [4.78, 5) is 0. The lowest BCUT2D eigenvalue weighted by molar-refractivity contribution is -0.127. The van der Waals surface area contributed by atoms with Crippen LogP contribution in [0.15, 0.2) is 18.2 Å². The van der Waals surface area contributed by atoms with Gasteiger partial charge in [-0.2, -0.15) is 13.2 Å². The third kappa shape index (κ3) is 3.04. The van der Waals surface area contributed by atoms with Crippen molar-refractivity contribution in [1.82, 2.24) is 0 Å². The number of halogens is 3. The van der Waals surface area contributed by atoms with E-state index in [9.17, 15) is 13.2 Å². The molecular formula is C10H11F3O2. The molecule has 0 aliphatic heterocycles. The van der Waals surface area contributed by atoms with Crippen molar-refractivity contribution in [1.29, 1.82) is 0 Å². The smallest absolute Gasteiger partial charge is 0.393 e. The van der Waals surface area contributed by atoms with Crippen molar-refractivity contribution >= 4 is 0 Å². The first-order chi connectivity index (χ1) is 6.98. The van der Waals surface area contributed by atoms with Gasteiger partial charge in [0.05, 0.1) is 20.6 Å². The predicted octanol–water partition coefficient (Wildman–Crippen LogP) is 2.81. The molecule has 0 saturated carbocycles. The number of methoxy groups -OCH3 is 2. The Morgan fingerprint density at radius 1 is 1.07 bits per heavy atom. The van der Waals surface area contributed by atoms with E-state index in [2.05, 4.69) is 0 Å². The lowest BCUT2D eigenvalue weighted by atomic mass is 10.1. The molecule has 15 heavy (non-hydrogen) atoms. The maximum absolute atomic E-state index is 12.3. The van der Waals surface area contributed by atoms with Gasteiger partial charge >= 0.3 is 6.18 Å². The van der Waals surface area contributed by atoms with Crippen molar-refractivity contribution in [2.75, 3.05) is 14.2 Å². The molecule has 0 aliphatic rings. The second-order valence-corrected chi connectivity index (χ2v) is 2.93. The van der Waals surface area contributed by atoms with Gasteiger partial charge < -0.3 is 9.47 Å². The zero-order valence-corrected chi connectivity index (χ0v) is 8.39. The fourth-order valence-electron chi connectivity index (χ4n) is 1.30. The Morgan fingerprint density at radius 3 is 1.87 bits per heavy atom. The van der Waals surface area contributed by atoms with Crippen molar-refractivity contribution in [3.05, 3.63) is 23.8 Å². The van der Waals surface area contributed by atoms with Crippen LogP contribution in [0, 0.1) is 0 Å². The summed E-state index contributed by atoms with van der Waals surface area (Å²) in [6.45, 7) is 0. The molecule has 0 amide bonds. The van der Waals surface area contributed by atoms with Gasteiger partial charge in [-0.05, 0) is 12.1 Å². The molecule has 0 atom stereocenters. The highest BCUT2D eigenvalue weighted by atomic mass is 19.4. The van der Waals surface area contributed by atoms with E-state index in [1.165, 1.54) is 26.4 Å². The Balaban J connectivity index is 3.11. The third-order valence-corrected chi connectivity index (χ3v) is 1.91. The number of ether oxygens (including phenoxy) is 2. The third-order valence-electron chi connectivity index (χ3n) is 1.91. The Kier molecular flexibility index (Phi) is 3.44. The molecule has 1 rings (SSSR count). The molecule has 84 valence electrons. The van der Waals surface area contributed by atoms with E-state index in [1.807, 2.05) is 0 Å². The Hall–Kier alpha value is -1.39.